The average Bonchev–Trinajstić information content (AvgIpc) is 2.91. The van der Waals surface area contributed by atoms with E-state index in [1.54, 1.807) is 29.3 Å². The lowest BCUT2D eigenvalue weighted by atomic mass is 9.91. The van der Waals surface area contributed by atoms with Gasteiger partial charge in [0.05, 0.1) is 30.5 Å². The number of carbonyl (C=O) groups excluding carboxylic acids is 1. The Morgan fingerprint density at radius 1 is 1.14 bits per heavy atom. The Morgan fingerprint density at radius 2 is 2.00 bits per heavy atom. The molecule has 0 spiro atoms. The summed E-state index contributed by atoms with van der Waals surface area (Å²) in [5.74, 6) is 1.87. The fraction of sp³-hybridized carbons (Fsp3) is 0.440. The maximum Gasteiger partial charge on any atom is 0.415 e. The first-order valence-corrected chi connectivity index (χ1v) is 12.0. The Balaban J connectivity index is 1.12. The van der Waals surface area contributed by atoms with Gasteiger partial charge < -0.3 is 18.9 Å². The molecule has 188 valence electrons. The number of aromatic nitrogens is 3. The lowest BCUT2D eigenvalue weighted by Crippen LogP contribution is -2.56. The lowest BCUT2D eigenvalue weighted by molar-refractivity contribution is -0.00668. The van der Waals surface area contributed by atoms with Gasteiger partial charge in [-0.2, -0.15) is 0 Å². The second kappa shape index (κ2) is 9.38. The third-order valence-electron chi connectivity index (χ3n) is 6.99. The Hall–Kier alpha value is -3.73. The van der Waals surface area contributed by atoms with Crippen LogP contribution < -0.4 is 19.1 Å². The fourth-order valence-electron chi connectivity index (χ4n) is 5.05. The van der Waals surface area contributed by atoms with Crippen molar-refractivity contribution in [3.05, 3.63) is 42.0 Å². The average molecular weight is 496 g/mol. The number of pyridine rings is 3. The van der Waals surface area contributed by atoms with Crippen molar-refractivity contribution >= 4 is 22.9 Å². The van der Waals surface area contributed by atoms with E-state index < -0.39 is 6.09 Å². The van der Waals surface area contributed by atoms with Gasteiger partial charge >= 0.3 is 6.09 Å². The van der Waals surface area contributed by atoms with Gasteiger partial charge in [0.25, 0.3) is 0 Å². The number of likely N-dealkylation sites (tertiary alicyclic amines) is 1. The quantitative estimate of drug-likeness (QED) is 0.529. The number of carbonyl (C=O) groups is 1. The Bertz CT molecular complexity index is 1310. The topological polar surface area (TPSA) is 99.1 Å². The van der Waals surface area contributed by atoms with Crippen LogP contribution in [-0.2, 0) is 11.2 Å². The summed E-state index contributed by atoms with van der Waals surface area (Å²) in [5, 5.41) is 0. The zero-order valence-corrected chi connectivity index (χ0v) is 19.9. The molecule has 2 unspecified atom stereocenters. The molecule has 11 heteroatoms. The molecule has 3 aliphatic rings. The molecular weight excluding hydrogens is 469 g/mol. The van der Waals surface area contributed by atoms with E-state index in [-0.39, 0.29) is 17.8 Å². The second-order valence-corrected chi connectivity index (χ2v) is 9.12. The molecule has 6 rings (SSSR count). The number of halogens is 1. The molecule has 3 aromatic heterocycles. The van der Waals surface area contributed by atoms with Crippen LogP contribution in [0.3, 0.4) is 0 Å². The number of hydrogen-bond acceptors (Lipinski definition) is 9. The van der Waals surface area contributed by atoms with Crippen molar-refractivity contribution in [3.63, 3.8) is 0 Å². The molecule has 0 radical (unpaired) electrons. The highest BCUT2D eigenvalue weighted by atomic mass is 19.1. The molecule has 0 saturated carbocycles. The molecule has 0 aliphatic carbocycles. The Morgan fingerprint density at radius 3 is 2.86 bits per heavy atom. The van der Waals surface area contributed by atoms with Crippen molar-refractivity contribution in [2.75, 3.05) is 51.4 Å². The van der Waals surface area contributed by atoms with E-state index in [0.29, 0.717) is 79.1 Å². The zero-order chi connectivity index (χ0) is 24.6. The molecule has 1 amide bonds. The van der Waals surface area contributed by atoms with Crippen LogP contribution in [0, 0.1) is 11.7 Å². The molecule has 0 bridgehead atoms. The number of amides is 1. The summed E-state index contributed by atoms with van der Waals surface area (Å²) in [6.45, 7) is 3.50. The third-order valence-corrected chi connectivity index (χ3v) is 6.99. The molecule has 2 saturated heterocycles. The van der Waals surface area contributed by atoms with Crippen LogP contribution in [0.4, 0.5) is 15.0 Å². The normalized spacial score (nSPS) is 21.7. The highest BCUT2D eigenvalue weighted by Gasteiger charge is 2.40. The SMILES string of the molecule is COc1ccc2ncc(F)c(CCN3CCC4CN(c5cc6c(cn5)OCCO6)C(=O)OC4C3)c2n1. The largest absolute Gasteiger partial charge is 0.486 e. The van der Waals surface area contributed by atoms with Gasteiger partial charge in [-0.1, -0.05) is 0 Å². The number of fused-ring (bicyclic) bond motifs is 3. The highest BCUT2D eigenvalue weighted by Crippen LogP contribution is 2.35. The summed E-state index contributed by atoms with van der Waals surface area (Å²) >= 11 is 0. The Kier molecular flexibility index (Phi) is 5.92. The highest BCUT2D eigenvalue weighted by molar-refractivity contribution is 5.87. The van der Waals surface area contributed by atoms with E-state index >= 15 is 0 Å². The smallest absolute Gasteiger partial charge is 0.415 e. The van der Waals surface area contributed by atoms with Crippen molar-refractivity contribution in [2.24, 2.45) is 5.92 Å². The number of piperidine rings is 1. The van der Waals surface area contributed by atoms with Crippen LogP contribution in [0.2, 0.25) is 0 Å². The van der Waals surface area contributed by atoms with Gasteiger partial charge in [0, 0.05) is 43.2 Å². The summed E-state index contributed by atoms with van der Waals surface area (Å²) in [7, 11) is 1.53. The molecule has 3 aliphatic heterocycles. The van der Waals surface area contributed by atoms with Gasteiger partial charge in [-0.3, -0.25) is 14.8 Å². The van der Waals surface area contributed by atoms with Crippen molar-refractivity contribution in [3.8, 4) is 17.4 Å². The van der Waals surface area contributed by atoms with E-state index in [1.807, 2.05) is 0 Å². The van der Waals surface area contributed by atoms with Crippen LogP contribution in [-0.4, -0.2) is 78.6 Å². The second-order valence-electron chi connectivity index (χ2n) is 9.12. The number of rotatable bonds is 5. The summed E-state index contributed by atoms with van der Waals surface area (Å²) in [4.78, 5) is 29.6. The first-order chi connectivity index (χ1) is 17.6. The minimum absolute atomic E-state index is 0.179. The molecule has 6 heterocycles. The van der Waals surface area contributed by atoms with Gasteiger partial charge in [0.1, 0.15) is 31.0 Å². The van der Waals surface area contributed by atoms with E-state index in [9.17, 15) is 9.18 Å². The fourth-order valence-corrected chi connectivity index (χ4v) is 5.05. The minimum atomic E-state index is -0.426. The van der Waals surface area contributed by atoms with Gasteiger partial charge in [-0.15, -0.1) is 0 Å². The summed E-state index contributed by atoms with van der Waals surface area (Å²) in [6, 6.07) is 5.21. The van der Waals surface area contributed by atoms with Crippen LogP contribution >= 0.6 is 0 Å². The van der Waals surface area contributed by atoms with E-state index in [0.717, 1.165) is 13.0 Å². The van der Waals surface area contributed by atoms with Crippen LogP contribution in [0.5, 0.6) is 17.4 Å². The minimum Gasteiger partial charge on any atom is -0.486 e. The molecular formula is C25H26FN5O5. The van der Waals surface area contributed by atoms with E-state index in [4.69, 9.17) is 18.9 Å². The number of nitrogens with zero attached hydrogens (tertiary/aromatic N) is 5. The summed E-state index contributed by atoms with van der Waals surface area (Å²) in [6.07, 6.45) is 3.48. The Labute approximate surface area is 206 Å². The van der Waals surface area contributed by atoms with Crippen LogP contribution in [0.1, 0.15) is 12.0 Å². The van der Waals surface area contributed by atoms with Crippen LogP contribution in [0.25, 0.3) is 11.0 Å². The maximum absolute atomic E-state index is 14.7. The van der Waals surface area contributed by atoms with Crippen molar-refractivity contribution in [2.45, 2.75) is 18.9 Å². The van der Waals surface area contributed by atoms with Crippen LogP contribution in [0.15, 0.2) is 30.6 Å². The van der Waals surface area contributed by atoms with Crippen molar-refractivity contribution in [1.82, 2.24) is 19.9 Å². The number of anilines is 1. The first kappa shape index (κ1) is 22.7. The van der Waals surface area contributed by atoms with Gasteiger partial charge in [-0.25, -0.2) is 19.2 Å². The zero-order valence-electron chi connectivity index (χ0n) is 19.9. The number of hydrogen-bond donors (Lipinski definition) is 0. The standard InChI is InChI=1S/C25H26FN5O5/c1-33-23-3-2-18-24(29-23)16(17(26)11-27-18)5-7-30-6-4-15-13-31(25(32)36-21(15)14-30)22-10-19-20(12-28-22)35-9-8-34-19/h2-3,10-12,15,21H,4-9,13-14H2,1H3. The van der Waals surface area contributed by atoms with E-state index in [1.165, 1.54) is 13.3 Å². The molecule has 3 aromatic rings. The predicted molar refractivity (Wildman–Crippen MR) is 127 cm³/mol. The van der Waals surface area contributed by atoms with Gasteiger partial charge in [-0.05, 0) is 25.5 Å². The van der Waals surface area contributed by atoms with E-state index in [2.05, 4.69) is 19.9 Å². The molecule has 2 fully saturated rings. The van der Waals surface area contributed by atoms with Gasteiger partial charge in [0.15, 0.2) is 11.5 Å². The number of methoxy groups -OCH3 is 1. The maximum atomic E-state index is 14.7. The lowest BCUT2D eigenvalue weighted by Gasteiger charge is -2.43. The van der Waals surface area contributed by atoms with Gasteiger partial charge in [0.2, 0.25) is 5.88 Å². The first-order valence-electron chi connectivity index (χ1n) is 12.0. The summed E-state index contributed by atoms with van der Waals surface area (Å²) in [5.41, 5.74) is 1.65. The van der Waals surface area contributed by atoms with Crippen molar-refractivity contribution in [1.29, 1.82) is 0 Å². The predicted octanol–water partition coefficient (Wildman–Crippen LogP) is 2.83. The monoisotopic (exact) mass is 495 g/mol. The van der Waals surface area contributed by atoms with Crippen molar-refractivity contribution < 1.29 is 28.1 Å². The molecule has 0 aromatic carbocycles. The molecule has 2 atom stereocenters. The molecule has 10 nitrogen and oxygen atoms in total. The molecule has 36 heavy (non-hydrogen) atoms. The molecule has 0 N–H and O–H groups in total. The number of ether oxygens (including phenoxy) is 4. The summed E-state index contributed by atoms with van der Waals surface area (Å²) < 4.78 is 36.9. The third kappa shape index (κ3) is 4.23.